The molecule has 0 spiro atoms. The molecule has 0 amide bonds. The normalized spacial score (nSPS) is 10.3. The molecule has 0 atom stereocenters. The maximum Gasteiger partial charge on any atom is 0.309 e. The zero-order chi connectivity index (χ0) is 13.1. The molecule has 1 aromatic heterocycles. The van der Waals surface area contributed by atoms with Crippen LogP contribution < -0.4 is 5.32 Å². The van der Waals surface area contributed by atoms with Gasteiger partial charge in [-0.25, -0.2) is 4.98 Å². The van der Waals surface area contributed by atoms with Gasteiger partial charge in [0.15, 0.2) is 5.13 Å². The number of hydrogen-bond acceptors (Lipinski definition) is 4. The van der Waals surface area contributed by atoms with Gasteiger partial charge in [0.25, 0.3) is 0 Å². The van der Waals surface area contributed by atoms with E-state index in [4.69, 9.17) is 5.11 Å². The Kier molecular flexibility index (Phi) is 3.98. The van der Waals surface area contributed by atoms with Crippen LogP contribution in [0.1, 0.15) is 11.3 Å². The number of carboxylic acid groups (broad SMARTS) is 1. The van der Waals surface area contributed by atoms with Gasteiger partial charge in [0.05, 0.1) is 17.8 Å². The number of aromatic nitrogens is 1. The molecule has 0 radical (unpaired) electrons. The lowest BCUT2D eigenvalue weighted by atomic mass is 10.2. The molecule has 18 heavy (non-hydrogen) atoms. The first-order valence-corrected chi connectivity index (χ1v) is 6.92. The minimum atomic E-state index is -0.872. The minimum absolute atomic E-state index is 0.0484. The molecule has 94 valence electrons. The van der Waals surface area contributed by atoms with Gasteiger partial charge in [-0.05, 0) is 34.5 Å². The van der Waals surface area contributed by atoms with E-state index >= 15 is 0 Å². The van der Waals surface area contributed by atoms with Crippen LogP contribution in [0.5, 0.6) is 0 Å². The number of halogens is 1. The fraction of sp³-hybridized carbons (Fsp3) is 0.167. The number of anilines is 2. The number of benzene rings is 1. The maximum absolute atomic E-state index is 10.6. The van der Waals surface area contributed by atoms with Crippen LogP contribution in [-0.2, 0) is 11.2 Å². The summed E-state index contributed by atoms with van der Waals surface area (Å²) in [6.45, 7) is 2.01. The summed E-state index contributed by atoms with van der Waals surface area (Å²) in [7, 11) is 0. The highest BCUT2D eigenvalue weighted by molar-refractivity contribution is 9.10. The highest BCUT2D eigenvalue weighted by Gasteiger charge is 2.08. The smallest absolute Gasteiger partial charge is 0.309 e. The monoisotopic (exact) mass is 326 g/mol. The first-order valence-electron chi connectivity index (χ1n) is 5.24. The Labute approximate surface area is 117 Å². The van der Waals surface area contributed by atoms with Crippen LogP contribution in [0.15, 0.2) is 28.1 Å². The molecule has 0 unspecified atom stereocenters. The van der Waals surface area contributed by atoms with Crippen LogP contribution in [0.3, 0.4) is 0 Å². The molecular formula is C12H11BrN2O2S. The van der Waals surface area contributed by atoms with Crippen LogP contribution in [-0.4, -0.2) is 16.1 Å². The molecule has 0 fully saturated rings. The van der Waals surface area contributed by atoms with Crippen molar-refractivity contribution in [2.24, 2.45) is 0 Å². The predicted octanol–water partition coefficient (Wildman–Crippen LogP) is 3.58. The van der Waals surface area contributed by atoms with E-state index < -0.39 is 5.97 Å². The summed E-state index contributed by atoms with van der Waals surface area (Å²) < 4.78 is 0.986. The van der Waals surface area contributed by atoms with E-state index in [9.17, 15) is 4.79 Å². The van der Waals surface area contributed by atoms with Crippen LogP contribution in [0, 0.1) is 6.92 Å². The van der Waals surface area contributed by atoms with Crippen LogP contribution >= 0.6 is 27.3 Å². The summed E-state index contributed by atoms with van der Waals surface area (Å²) in [4.78, 5) is 14.8. The van der Waals surface area contributed by atoms with Crippen molar-refractivity contribution in [1.82, 2.24) is 4.98 Å². The topological polar surface area (TPSA) is 62.2 Å². The second kappa shape index (κ2) is 5.49. The lowest BCUT2D eigenvalue weighted by Gasteiger charge is -2.07. The molecule has 0 aliphatic heterocycles. The van der Waals surface area contributed by atoms with Gasteiger partial charge in [-0.15, -0.1) is 11.3 Å². The van der Waals surface area contributed by atoms with Crippen molar-refractivity contribution in [2.75, 3.05) is 5.32 Å². The molecule has 2 aromatic rings. The summed E-state index contributed by atoms with van der Waals surface area (Å²) in [5.41, 5.74) is 2.62. The van der Waals surface area contributed by atoms with Gasteiger partial charge in [-0.3, -0.25) is 4.79 Å². The molecule has 0 aliphatic rings. The lowest BCUT2D eigenvalue weighted by molar-refractivity contribution is -0.136. The van der Waals surface area contributed by atoms with Gasteiger partial charge < -0.3 is 10.4 Å². The Morgan fingerprint density at radius 1 is 1.56 bits per heavy atom. The Bertz CT molecular complexity index is 583. The standard InChI is InChI=1S/C12H11BrN2O2S/c1-7-3-2-4-9(11(7)13)15-12-14-8(6-18-12)5-10(16)17/h2-4,6H,5H2,1H3,(H,14,15)(H,16,17). The van der Waals surface area contributed by atoms with Crippen LogP contribution in [0.2, 0.25) is 0 Å². The summed E-state index contributed by atoms with van der Waals surface area (Å²) in [5, 5.41) is 14.3. The highest BCUT2D eigenvalue weighted by atomic mass is 79.9. The first kappa shape index (κ1) is 13.0. The van der Waals surface area contributed by atoms with Gasteiger partial charge in [-0.1, -0.05) is 12.1 Å². The second-order valence-electron chi connectivity index (χ2n) is 3.78. The zero-order valence-corrected chi connectivity index (χ0v) is 12.0. The molecule has 0 saturated heterocycles. The van der Waals surface area contributed by atoms with E-state index in [-0.39, 0.29) is 6.42 Å². The summed E-state index contributed by atoms with van der Waals surface area (Å²) in [5.74, 6) is -0.872. The zero-order valence-electron chi connectivity index (χ0n) is 9.61. The number of carboxylic acids is 1. The van der Waals surface area contributed by atoms with E-state index in [1.165, 1.54) is 11.3 Å². The van der Waals surface area contributed by atoms with Crippen molar-refractivity contribution in [1.29, 1.82) is 0 Å². The molecule has 2 rings (SSSR count). The number of aliphatic carboxylic acids is 1. The van der Waals surface area contributed by atoms with Gasteiger partial charge in [-0.2, -0.15) is 0 Å². The Hall–Kier alpha value is -1.40. The number of rotatable bonds is 4. The van der Waals surface area contributed by atoms with Gasteiger partial charge >= 0.3 is 5.97 Å². The Morgan fingerprint density at radius 3 is 3.06 bits per heavy atom. The maximum atomic E-state index is 10.6. The molecule has 6 heteroatoms. The number of carbonyl (C=O) groups is 1. The van der Waals surface area contributed by atoms with E-state index in [1.54, 1.807) is 5.38 Å². The Balaban J connectivity index is 2.16. The Morgan fingerprint density at radius 2 is 2.33 bits per heavy atom. The number of aryl methyl sites for hydroxylation is 1. The number of nitrogens with one attached hydrogen (secondary N) is 1. The molecule has 1 heterocycles. The third-order valence-corrected chi connectivity index (χ3v) is 4.18. The van der Waals surface area contributed by atoms with E-state index in [0.29, 0.717) is 10.8 Å². The van der Waals surface area contributed by atoms with Gasteiger partial charge in [0, 0.05) is 9.85 Å². The fourth-order valence-corrected chi connectivity index (χ4v) is 2.55. The second-order valence-corrected chi connectivity index (χ2v) is 5.43. The average molecular weight is 327 g/mol. The molecule has 1 aromatic carbocycles. The number of nitrogens with zero attached hydrogens (tertiary/aromatic N) is 1. The first-order chi connectivity index (χ1) is 8.56. The van der Waals surface area contributed by atoms with Crippen molar-refractivity contribution < 1.29 is 9.90 Å². The molecule has 0 aliphatic carbocycles. The van der Waals surface area contributed by atoms with Crippen molar-refractivity contribution in [3.8, 4) is 0 Å². The third-order valence-electron chi connectivity index (χ3n) is 2.32. The number of thiazole rings is 1. The third kappa shape index (κ3) is 3.08. The molecule has 2 N–H and O–H groups in total. The quantitative estimate of drug-likeness (QED) is 0.901. The number of hydrogen-bond donors (Lipinski definition) is 2. The van der Waals surface area contributed by atoms with E-state index in [0.717, 1.165) is 15.7 Å². The highest BCUT2D eigenvalue weighted by Crippen LogP contribution is 2.29. The predicted molar refractivity (Wildman–Crippen MR) is 75.6 cm³/mol. The van der Waals surface area contributed by atoms with Crippen molar-refractivity contribution in [3.05, 3.63) is 39.3 Å². The average Bonchev–Trinajstić information content (AvgIpc) is 2.71. The van der Waals surface area contributed by atoms with Crippen LogP contribution in [0.25, 0.3) is 0 Å². The van der Waals surface area contributed by atoms with Crippen molar-refractivity contribution in [3.63, 3.8) is 0 Å². The lowest BCUT2D eigenvalue weighted by Crippen LogP contribution is -2.00. The summed E-state index contributed by atoms with van der Waals surface area (Å²) in [6, 6.07) is 5.90. The summed E-state index contributed by atoms with van der Waals surface area (Å²) >= 11 is 4.90. The summed E-state index contributed by atoms with van der Waals surface area (Å²) in [6.07, 6.45) is -0.0484. The van der Waals surface area contributed by atoms with Gasteiger partial charge in [0.2, 0.25) is 0 Å². The van der Waals surface area contributed by atoms with Crippen molar-refractivity contribution >= 4 is 44.1 Å². The van der Waals surface area contributed by atoms with E-state index in [2.05, 4.69) is 26.2 Å². The largest absolute Gasteiger partial charge is 0.481 e. The minimum Gasteiger partial charge on any atom is -0.481 e. The SMILES string of the molecule is Cc1cccc(Nc2nc(CC(=O)O)cs2)c1Br. The molecule has 4 nitrogen and oxygen atoms in total. The van der Waals surface area contributed by atoms with Crippen LogP contribution in [0.4, 0.5) is 10.8 Å². The molecule has 0 saturated carbocycles. The molecular weight excluding hydrogens is 316 g/mol. The van der Waals surface area contributed by atoms with Gasteiger partial charge in [0.1, 0.15) is 0 Å². The van der Waals surface area contributed by atoms with Crippen molar-refractivity contribution in [2.45, 2.75) is 13.3 Å². The van der Waals surface area contributed by atoms with E-state index in [1.807, 2.05) is 25.1 Å². The fourth-order valence-electron chi connectivity index (χ4n) is 1.46. The molecule has 0 bridgehead atoms.